The van der Waals surface area contributed by atoms with E-state index in [0.717, 1.165) is 17.5 Å². The zero-order chi connectivity index (χ0) is 18.7. The summed E-state index contributed by atoms with van der Waals surface area (Å²) in [6, 6.07) is 29.5. The second-order valence-electron chi connectivity index (χ2n) is 7.02. The first kappa shape index (κ1) is 17.9. The first-order valence-electron chi connectivity index (χ1n) is 9.37. The minimum absolute atomic E-state index is 0.147. The van der Waals surface area contributed by atoms with Gasteiger partial charge in [0.05, 0.1) is 12.2 Å². The van der Waals surface area contributed by atoms with E-state index in [1.165, 1.54) is 5.56 Å². The molecular weight excluding hydrogens is 336 g/mol. The van der Waals surface area contributed by atoms with Crippen molar-refractivity contribution in [2.75, 3.05) is 0 Å². The maximum absolute atomic E-state index is 11.3. The SMILES string of the molecule is C[C@H]1OC(c2ccccc2)(C(O)c2ccccc2)O[C@@H]1Cc1ccccc1. The summed E-state index contributed by atoms with van der Waals surface area (Å²) in [5, 5.41) is 11.3. The van der Waals surface area contributed by atoms with Crippen LogP contribution in [0, 0.1) is 0 Å². The Labute approximate surface area is 160 Å². The standard InChI is InChI=1S/C24H24O3/c1-18-22(17-19-11-5-2-6-12-19)27-24(26-18,21-15-9-4-10-16-21)23(25)20-13-7-3-8-14-20/h2-16,18,22-23,25H,17H2,1H3/t18-,22-,23?,24?/m1/s1. The van der Waals surface area contributed by atoms with E-state index in [4.69, 9.17) is 9.47 Å². The topological polar surface area (TPSA) is 38.7 Å². The molecule has 1 aliphatic rings. The fraction of sp³-hybridized carbons (Fsp3) is 0.250. The Hall–Kier alpha value is -2.46. The summed E-state index contributed by atoms with van der Waals surface area (Å²) in [4.78, 5) is 0. The fourth-order valence-corrected chi connectivity index (χ4v) is 3.70. The minimum Gasteiger partial charge on any atom is -0.382 e. The highest BCUT2D eigenvalue weighted by atomic mass is 16.8. The summed E-state index contributed by atoms with van der Waals surface area (Å²) >= 11 is 0. The van der Waals surface area contributed by atoms with Gasteiger partial charge < -0.3 is 14.6 Å². The third-order valence-corrected chi connectivity index (χ3v) is 5.14. The average molecular weight is 360 g/mol. The Morgan fingerprint density at radius 1 is 0.815 bits per heavy atom. The molecule has 3 nitrogen and oxygen atoms in total. The van der Waals surface area contributed by atoms with Crippen molar-refractivity contribution >= 4 is 0 Å². The molecule has 1 N–H and O–H groups in total. The van der Waals surface area contributed by atoms with Crippen LogP contribution in [-0.2, 0) is 21.7 Å². The number of hydrogen-bond acceptors (Lipinski definition) is 3. The lowest BCUT2D eigenvalue weighted by Crippen LogP contribution is -2.36. The van der Waals surface area contributed by atoms with Crippen LogP contribution >= 0.6 is 0 Å². The summed E-state index contributed by atoms with van der Waals surface area (Å²) in [5.74, 6) is -1.22. The number of benzene rings is 3. The van der Waals surface area contributed by atoms with E-state index in [1.54, 1.807) is 0 Å². The normalized spacial score (nSPS) is 26.0. The van der Waals surface area contributed by atoms with Crippen molar-refractivity contribution in [2.24, 2.45) is 0 Å². The van der Waals surface area contributed by atoms with Gasteiger partial charge in [-0.25, -0.2) is 0 Å². The maximum atomic E-state index is 11.3. The first-order valence-corrected chi connectivity index (χ1v) is 9.37. The van der Waals surface area contributed by atoms with E-state index in [-0.39, 0.29) is 12.2 Å². The average Bonchev–Trinajstić information content (AvgIpc) is 3.07. The van der Waals surface area contributed by atoms with Gasteiger partial charge in [0, 0.05) is 12.0 Å². The van der Waals surface area contributed by atoms with Crippen molar-refractivity contribution in [1.82, 2.24) is 0 Å². The Balaban J connectivity index is 1.69. The summed E-state index contributed by atoms with van der Waals surface area (Å²) in [6.07, 6.45) is -0.489. The molecule has 0 bridgehead atoms. The monoisotopic (exact) mass is 360 g/mol. The van der Waals surface area contributed by atoms with Gasteiger partial charge in [-0.2, -0.15) is 0 Å². The quantitative estimate of drug-likeness (QED) is 0.722. The van der Waals surface area contributed by atoms with Gasteiger partial charge in [-0.3, -0.25) is 0 Å². The fourth-order valence-electron chi connectivity index (χ4n) is 3.70. The number of aliphatic hydroxyl groups is 1. The van der Waals surface area contributed by atoms with E-state index in [2.05, 4.69) is 12.1 Å². The minimum atomic E-state index is -1.22. The predicted octanol–water partition coefficient (Wildman–Crippen LogP) is 4.62. The Morgan fingerprint density at radius 3 is 2.00 bits per heavy atom. The highest BCUT2D eigenvalue weighted by Gasteiger charge is 2.52. The van der Waals surface area contributed by atoms with Gasteiger partial charge in [0.2, 0.25) is 5.79 Å². The molecule has 1 saturated heterocycles. The Bertz CT molecular complexity index is 851. The molecule has 0 aromatic heterocycles. The molecule has 1 heterocycles. The van der Waals surface area contributed by atoms with Crippen LogP contribution in [0.2, 0.25) is 0 Å². The molecule has 4 atom stereocenters. The van der Waals surface area contributed by atoms with E-state index in [0.29, 0.717) is 0 Å². The second kappa shape index (κ2) is 7.65. The van der Waals surface area contributed by atoms with Gasteiger partial charge in [-0.05, 0) is 18.1 Å². The van der Waals surface area contributed by atoms with Crippen molar-refractivity contribution in [3.05, 3.63) is 108 Å². The first-order chi connectivity index (χ1) is 13.2. The van der Waals surface area contributed by atoms with E-state index >= 15 is 0 Å². The zero-order valence-corrected chi connectivity index (χ0v) is 15.4. The second-order valence-corrected chi connectivity index (χ2v) is 7.02. The van der Waals surface area contributed by atoms with E-state index < -0.39 is 11.9 Å². The molecule has 27 heavy (non-hydrogen) atoms. The molecule has 3 aromatic carbocycles. The molecule has 0 aliphatic carbocycles. The van der Waals surface area contributed by atoms with Gasteiger partial charge in [0.25, 0.3) is 0 Å². The van der Waals surface area contributed by atoms with Crippen LogP contribution in [0.4, 0.5) is 0 Å². The van der Waals surface area contributed by atoms with Crippen LogP contribution in [0.3, 0.4) is 0 Å². The van der Waals surface area contributed by atoms with Crippen molar-refractivity contribution < 1.29 is 14.6 Å². The van der Waals surface area contributed by atoms with Crippen molar-refractivity contribution in [3.8, 4) is 0 Å². The van der Waals surface area contributed by atoms with Gasteiger partial charge >= 0.3 is 0 Å². The van der Waals surface area contributed by atoms with Gasteiger partial charge in [-0.1, -0.05) is 91.0 Å². The molecule has 0 amide bonds. The van der Waals surface area contributed by atoms with Crippen LogP contribution in [0.1, 0.15) is 29.7 Å². The molecule has 0 spiro atoms. The maximum Gasteiger partial charge on any atom is 0.226 e. The molecule has 3 heteroatoms. The van der Waals surface area contributed by atoms with E-state index in [1.807, 2.05) is 85.8 Å². The van der Waals surface area contributed by atoms with Crippen LogP contribution < -0.4 is 0 Å². The third-order valence-electron chi connectivity index (χ3n) is 5.14. The molecule has 2 unspecified atom stereocenters. The largest absolute Gasteiger partial charge is 0.382 e. The van der Waals surface area contributed by atoms with Crippen molar-refractivity contribution in [3.63, 3.8) is 0 Å². The number of aliphatic hydroxyl groups excluding tert-OH is 1. The lowest BCUT2D eigenvalue weighted by molar-refractivity contribution is -0.246. The summed E-state index contributed by atoms with van der Waals surface area (Å²) in [6.45, 7) is 2.01. The van der Waals surface area contributed by atoms with Crippen LogP contribution in [0.15, 0.2) is 91.0 Å². The summed E-state index contributed by atoms with van der Waals surface area (Å²) in [7, 11) is 0. The molecule has 0 saturated carbocycles. The highest BCUT2D eigenvalue weighted by molar-refractivity contribution is 5.29. The smallest absolute Gasteiger partial charge is 0.226 e. The molecule has 3 aromatic rings. The van der Waals surface area contributed by atoms with E-state index in [9.17, 15) is 5.11 Å². The van der Waals surface area contributed by atoms with Gasteiger partial charge in [-0.15, -0.1) is 0 Å². The molecular formula is C24H24O3. The van der Waals surface area contributed by atoms with Crippen LogP contribution in [0.5, 0.6) is 0 Å². The van der Waals surface area contributed by atoms with Crippen molar-refractivity contribution in [1.29, 1.82) is 0 Å². The number of hydrogen-bond donors (Lipinski definition) is 1. The van der Waals surface area contributed by atoms with Crippen molar-refractivity contribution in [2.45, 2.75) is 37.4 Å². The summed E-state index contributed by atoms with van der Waals surface area (Å²) < 4.78 is 12.9. The molecule has 1 aliphatic heterocycles. The lowest BCUT2D eigenvalue weighted by atomic mass is 9.94. The number of rotatable bonds is 5. The molecule has 4 rings (SSSR count). The third kappa shape index (κ3) is 3.54. The Kier molecular flexibility index (Phi) is 5.08. The Morgan fingerprint density at radius 2 is 1.37 bits per heavy atom. The molecule has 138 valence electrons. The molecule has 0 radical (unpaired) electrons. The highest BCUT2D eigenvalue weighted by Crippen LogP contribution is 2.47. The predicted molar refractivity (Wildman–Crippen MR) is 105 cm³/mol. The molecule has 1 fully saturated rings. The van der Waals surface area contributed by atoms with Crippen LogP contribution in [-0.4, -0.2) is 17.3 Å². The lowest BCUT2D eigenvalue weighted by Gasteiger charge is -2.33. The zero-order valence-electron chi connectivity index (χ0n) is 15.4. The van der Waals surface area contributed by atoms with Crippen LogP contribution in [0.25, 0.3) is 0 Å². The van der Waals surface area contributed by atoms with Gasteiger partial charge in [0.1, 0.15) is 6.10 Å². The van der Waals surface area contributed by atoms with Gasteiger partial charge in [0.15, 0.2) is 0 Å². The summed E-state index contributed by atoms with van der Waals surface area (Å²) in [5.41, 5.74) is 2.79. The number of ether oxygens (including phenoxy) is 2.